The number of carbonyl (C=O) groups is 1. The van der Waals surface area contributed by atoms with Crippen LogP contribution in [0.3, 0.4) is 0 Å². The lowest BCUT2D eigenvalue weighted by molar-refractivity contribution is 0.0932. The molecule has 0 fully saturated rings. The van der Waals surface area contributed by atoms with Crippen LogP contribution in [0.15, 0.2) is 65.1 Å². The first-order valence-electron chi connectivity index (χ1n) is 13.4. The number of benzene rings is 2. The topological polar surface area (TPSA) is 105 Å². The summed E-state index contributed by atoms with van der Waals surface area (Å²) in [7, 11) is 0.242. The second-order valence-corrected chi connectivity index (χ2v) is 13.1. The standard InChI is InChI=1S/C31H35N3O5S/c1-31(2,3)40(37)34-19-23-17-24(30(36)32-13-15-38-4)33-29(28(23)25(34)12-14-35)22-10-7-9-20(16-22)27-18-21-8-5-6-11-26(21)39-27/h5-11,16-18,25,35H,12-15,19H2,1-4H3,(H,32,36)/t25-,40?/m1/s1. The van der Waals surface area contributed by atoms with Crippen LogP contribution >= 0.6 is 0 Å². The Balaban J connectivity index is 1.64. The monoisotopic (exact) mass is 561 g/mol. The Hall–Kier alpha value is -3.37. The van der Waals surface area contributed by atoms with Gasteiger partial charge in [0.05, 0.1) is 23.1 Å². The van der Waals surface area contributed by atoms with Gasteiger partial charge in [-0.05, 0) is 57.0 Å². The van der Waals surface area contributed by atoms with Gasteiger partial charge in [-0.3, -0.25) is 4.79 Å². The minimum absolute atomic E-state index is 0.0698. The molecule has 0 spiro atoms. The highest BCUT2D eigenvalue weighted by atomic mass is 32.2. The number of ether oxygens (including phenoxy) is 1. The van der Waals surface area contributed by atoms with Crippen molar-refractivity contribution in [1.29, 1.82) is 0 Å². The van der Waals surface area contributed by atoms with Gasteiger partial charge in [0.15, 0.2) is 0 Å². The maximum absolute atomic E-state index is 13.6. The number of nitrogens with one attached hydrogen (secondary N) is 1. The smallest absolute Gasteiger partial charge is 0.269 e. The molecule has 0 aliphatic carbocycles. The third-order valence-electron chi connectivity index (χ3n) is 6.96. The number of nitrogens with zero attached hydrogens (tertiary/aromatic N) is 2. The Morgan fingerprint density at radius 1 is 1.15 bits per heavy atom. The number of carbonyl (C=O) groups excluding carboxylic acids is 1. The average molecular weight is 562 g/mol. The van der Waals surface area contributed by atoms with E-state index in [4.69, 9.17) is 14.1 Å². The maximum Gasteiger partial charge on any atom is 0.269 e. The summed E-state index contributed by atoms with van der Waals surface area (Å²) < 4.78 is 26.2. The Morgan fingerprint density at radius 3 is 2.65 bits per heavy atom. The number of para-hydroxylation sites is 1. The minimum Gasteiger partial charge on any atom is -0.456 e. The van der Waals surface area contributed by atoms with Crippen LogP contribution in [0.2, 0.25) is 0 Å². The van der Waals surface area contributed by atoms with Crippen LogP contribution in [0, 0.1) is 0 Å². The summed E-state index contributed by atoms with van der Waals surface area (Å²) in [5.41, 5.74) is 5.19. The first-order chi connectivity index (χ1) is 19.2. The van der Waals surface area contributed by atoms with Gasteiger partial charge in [-0.25, -0.2) is 13.5 Å². The fourth-order valence-electron chi connectivity index (χ4n) is 5.11. The molecule has 2 atom stereocenters. The molecule has 2 N–H and O–H groups in total. The third-order valence-corrected chi connectivity index (χ3v) is 8.82. The van der Waals surface area contributed by atoms with Crippen LogP contribution in [-0.2, 0) is 22.3 Å². The molecule has 1 aliphatic heterocycles. The van der Waals surface area contributed by atoms with E-state index in [0.717, 1.165) is 39.0 Å². The highest BCUT2D eigenvalue weighted by Crippen LogP contribution is 2.44. The summed E-state index contributed by atoms with van der Waals surface area (Å²) in [5.74, 6) is 0.430. The zero-order chi connectivity index (χ0) is 28.4. The van der Waals surface area contributed by atoms with Crippen LogP contribution in [0.5, 0.6) is 0 Å². The van der Waals surface area contributed by atoms with Crippen molar-refractivity contribution in [2.75, 3.05) is 26.9 Å². The summed E-state index contributed by atoms with van der Waals surface area (Å²) in [5, 5.41) is 13.9. The van der Waals surface area contributed by atoms with Crippen molar-refractivity contribution in [3.05, 3.63) is 77.5 Å². The van der Waals surface area contributed by atoms with Gasteiger partial charge in [-0.15, -0.1) is 0 Å². The first kappa shape index (κ1) is 28.2. The number of hydrogen-bond acceptors (Lipinski definition) is 6. The van der Waals surface area contributed by atoms with Gasteiger partial charge in [-0.1, -0.05) is 36.4 Å². The van der Waals surface area contributed by atoms with Crippen molar-refractivity contribution in [3.63, 3.8) is 0 Å². The van der Waals surface area contributed by atoms with E-state index in [9.17, 15) is 14.1 Å². The number of furan rings is 1. The number of methoxy groups -OCH3 is 1. The lowest BCUT2D eigenvalue weighted by atomic mass is 9.95. The molecular weight excluding hydrogens is 526 g/mol. The Kier molecular flexibility index (Phi) is 8.19. The van der Waals surface area contributed by atoms with Gasteiger partial charge in [-0.2, -0.15) is 0 Å². The first-order valence-corrected chi connectivity index (χ1v) is 14.5. The van der Waals surface area contributed by atoms with Gasteiger partial charge >= 0.3 is 0 Å². The fourth-order valence-corrected chi connectivity index (χ4v) is 6.51. The van der Waals surface area contributed by atoms with Gasteiger partial charge in [0.25, 0.3) is 5.91 Å². The maximum atomic E-state index is 13.6. The van der Waals surface area contributed by atoms with Crippen molar-refractivity contribution in [3.8, 4) is 22.6 Å². The highest BCUT2D eigenvalue weighted by Gasteiger charge is 2.40. The van der Waals surface area contributed by atoms with Crippen LogP contribution in [0.1, 0.15) is 54.8 Å². The Labute approximate surface area is 237 Å². The Morgan fingerprint density at radius 2 is 1.93 bits per heavy atom. The van der Waals surface area contributed by atoms with Gasteiger partial charge in [0, 0.05) is 48.9 Å². The second-order valence-electron chi connectivity index (χ2n) is 10.9. The molecule has 1 unspecified atom stereocenters. The van der Waals surface area contributed by atoms with E-state index in [2.05, 4.69) is 5.32 Å². The number of rotatable bonds is 9. The van der Waals surface area contributed by atoms with Crippen molar-refractivity contribution in [1.82, 2.24) is 14.6 Å². The fraction of sp³-hybridized carbons (Fsp3) is 0.355. The number of aliphatic hydroxyl groups excluding tert-OH is 1. The molecule has 5 rings (SSSR count). The molecule has 210 valence electrons. The highest BCUT2D eigenvalue weighted by molar-refractivity contribution is 7.84. The van der Waals surface area contributed by atoms with E-state index >= 15 is 0 Å². The molecule has 0 bridgehead atoms. The van der Waals surface area contributed by atoms with Crippen LogP contribution < -0.4 is 5.32 Å². The molecule has 40 heavy (non-hydrogen) atoms. The van der Waals surface area contributed by atoms with Crippen molar-refractivity contribution >= 4 is 27.9 Å². The van der Waals surface area contributed by atoms with E-state index in [-0.39, 0.29) is 24.2 Å². The molecule has 2 aromatic heterocycles. The summed E-state index contributed by atoms with van der Waals surface area (Å²) >= 11 is 0. The molecule has 1 amide bonds. The number of amides is 1. The molecule has 0 saturated carbocycles. The van der Waals surface area contributed by atoms with Gasteiger partial charge in [0.1, 0.15) is 28.0 Å². The minimum atomic E-state index is -1.34. The summed E-state index contributed by atoms with van der Waals surface area (Å²) in [6.07, 6.45) is 0.395. The van der Waals surface area contributed by atoms with E-state index in [1.54, 1.807) is 13.2 Å². The van der Waals surface area contributed by atoms with E-state index in [1.165, 1.54) is 0 Å². The van der Waals surface area contributed by atoms with Crippen LogP contribution in [-0.4, -0.2) is 56.1 Å². The predicted octanol–water partition coefficient (Wildman–Crippen LogP) is 5.24. The van der Waals surface area contributed by atoms with Crippen molar-refractivity contribution in [2.45, 2.75) is 44.5 Å². The Bertz CT molecular complexity index is 1530. The zero-order valence-electron chi connectivity index (χ0n) is 23.3. The number of pyridine rings is 1. The number of aromatic nitrogens is 1. The van der Waals surface area contributed by atoms with Crippen molar-refractivity contribution in [2.24, 2.45) is 0 Å². The predicted molar refractivity (Wildman–Crippen MR) is 157 cm³/mol. The molecule has 9 heteroatoms. The summed E-state index contributed by atoms with van der Waals surface area (Å²) in [6, 6.07) is 19.2. The molecule has 2 aromatic carbocycles. The normalized spacial score (nSPS) is 16.3. The largest absolute Gasteiger partial charge is 0.456 e. The molecule has 1 aliphatic rings. The summed E-state index contributed by atoms with van der Waals surface area (Å²) in [4.78, 5) is 18.0. The van der Waals surface area contributed by atoms with Crippen molar-refractivity contribution < 1.29 is 23.3 Å². The van der Waals surface area contributed by atoms with E-state index in [1.807, 2.05) is 79.7 Å². The zero-order valence-corrected chi connectivity index (χ0v) is 24.1. The van der Waals surface area contributed by atoms with Gasteiger partial charge < -0.3 is 19.6 Å². The lowest BCUT2D eigenvalue weighted by Crippen LogP contribution is -2.36. The third kappa shape index (κ3) is 5.60. The molecule has 8 nitrogen and oxygen atoms in total. The molecule has 3 heterocycles. The number of hydrogen-bond donors (Lipinski definition) is 2. The SMILES string of the molecule is COCCNC(=O)c1cc2c(c(-c3cccc(-c4cc5ccccc5o4)c3)n1)[C@@H](CCO)N(S(=O)C(C)(C)C)C2. The molecule has 0 radical (unpaired) electrons. The molecule has 0 saturated heterocycles. The summed E-state index contributed by atoms with van der Waals surface area (Å²) in [6.45, 7) is 6.88. The van der Waals surface area contributed by atoms with Crippen LogP contribution in [0.4, 0.5) is 0 Å². The van der Waals surface area contributed by atoms with E-state index in [0.29, 0.717) is 31.8 Å². The van der Waals surface area contributed by atoms with E-state index < -0.39 is 15.7 Å². The average Bonchev–Trinajstić information content (AvgIpc) is 3.54. The van der Waals surface area contributed by atoms with Crippen LogP contribution in [0.25, 0.3) is 33.6 Å². The lowest BCUT2D eigenvalue weighted by Gasteiger charge is -2.30. The molecular formula is C31H35N3O5S. The number of aliphatic hydroxyl groups is 1. The second kappa shape index (κ2) is 11.6. The molecule has 4 aromatic rings. The number of fused-ring (bicyclic) bond motifs is 2. The van der Waals surface area contributed by atoms with Gasteiger partial charge in [0.2, 0.25) is 0 Å². The quantitative estimate of drug-likeness (QED) is 0.271.